The fraction of sp³-hybridized carbons (Fsp3) is 0.522. The number of hydrogen-bond donors (Lipinski definition) is 0. The van der Waals surface area contributed by atoms with Crippen LogP contribution < -0.4 is 10.5 Å². The molecule has 3 aromatic rings. The van der Waals surface area contributed by atoms with Crippen LogP contribution in [-0.2, 0) is 20.1 Å². The minimum atomic E-state index is -0.761. The second kappa shape index (κ2) is 7.15. The van der Waals surface area contributed by atoms with Crippen LogP contribution in [0.5, 0.6) is 0 Å². The van der Waals surface area contributed by atoms with Crippen LogP contribution in [0, 0.1) is 5.92 Å². The van der Waals surface area contributed by atoms with Gasteiger partial charge < -0.3 is 14.0 Å². The largest absolute Gasteiger partial charge is 0.355 e. The molecule has 0 spiro atoms. The number of rotatable bonds is 3. The minimum absolute atomic E-state index is 0.107. The van der Waals surface area contributed by atoms with Crippen molar-refractivity contribution in [3.8, 4) is 0 Å². The number of aromatic nitrogens is 4. The average Bonchev–Trinajstić information content (AvgIpc) is 3.35. The van der Waals surface area contributed by atoms with Crippen molar-refractivity contribution in [2.24, 2.45) is 13.0 Å². The topological polar surface area (TPSA) is 59.2 Å². The molecular weight excluding hydrogens is 395 g/mol. The summed E-state index contributed by atoms with van der Waals surface area (Å²) >= 11 is 0. The van der Waals surface area contributed by atoms with Gasteiger partial charge in [-0.05, 0) is 30.9 Å². The summed E-state index contributed by atoms with van der Waals surface area (Å²) in [6, 6.07) is 6.18. The Labute approximate surface area is 180 Å². The molecule has 3 aromatic heterocycles. The van der Waals surface area contributed by atoms with Crippen LogP contribution in [0.4, 0.5) is 10.2 Å². The van der Waals surface area contributed by atoms with E-state index in [-0.39, 0.29) is 5.56 Å². The highest BCUT2D eigenvalue weighted by Gasteiger charge is 2.36. The Morgan fingerprint density at radius 2 is 2.03 bits per heavy atom. The SMILES string of the molecule is Cn1ccc2c(N3C[C@@H]4C[C@H](C3)c3ccc(CN5CC[C@H](F)C5)c(=O)n3C4)ncnc21. The van der Waals surface area contributed by atoms with Gasteiger partial charge in [-0.2, -0.15) is 0 Å². The van der Waals surface area contributed by atoms with Crippen molar-refractivity contribution in [1.29, 1.82) is 0 Å². The van der Waals surface area contributed by atoms with Crippen LogP contribution in [-0.4, -0.2) is 56.4 Å². The third-order valence-corrected chi connectivity index (χ3v) is 7.23. The maximum atomic E-state index is 13.5. The number of alkyl halides is 1. The van der Waals surface area contributed by atoms with Crippen molar-refractivity contribution >= 4 is 16.9 Å². The second-order valence-electron chi connectivity index (χ2n) is 9.39. The van der Waals surface area contributed by atoms with E-state index in [2.05, 4.69) is 31.9 Å². The number of aryl methyl sites for hydroxylation is 1. The van der Waals surface area contributed by atoms with Gasteiger partial charge in [0.1, 0.15) is 24.0 Å². The maximum absolute atomic E-state index is 13.5. The zero-order valence-corrected chi connectivity index (χ0v) is 17.7. The molecule has 0 unspecified atom stereocenters. The van der Waals surface area contributed by atoms with Crippen molar-refractivity contribution < 1.29 is 4.39 Å². The number of likely N-dealkylation sites (tertiary alicyclic amines) is 1. The second-order valence-corrected chi connectivity index (χ2v) is 9.39. The van der Waals surface area contributed by atoms with Gasteiger partial charge in [0.25, 0.3) is 5.56 Å². The number of piperidine rings is 1. The van der Waals surface area contributed by atoms with Crippen molar-refractivity contribution in [3.63, 3.8) is 0 Å². The van der Waals surface area contributed by atoms with E-state index < -0.39 is 6.17 Å². The highest BCUT2D eigenvalue weighted by molar-refractivity contribution is 5.87. The summed E-state index contributed by atoms with van der Waals surface area (Å²) in [5.74, 6) is 1.71. The quantitative estimate of drug-likeness (QED) is 0.648. The smallest absolute Gasteiger partial charge is 0.255 e. The molecule has 6 rings (SSSR count). The molecule has 7 nitrogen and oxygen atoms in total. The van der Waals surface area contributed by atoms with Crippen LogP contribution in [0.15, 0.2) is 35.5 Å². The number of hydrogen-bond acceptors (Lipinski definition) is 5. The standard InChI is InChI=1S/C23H27FN6O/c1-27-6-5-19-21(27)25-14-26-22(19)29-9-15-8-17(12-29)20-3-2-16(23(31)30(20)10-15)11-28-7-4-18(24)13-28/h2-3,5-6,14-15,17-18H,4,7-13H2,1H3/t15-,17+,18-/m0/s1. The maximum Gasteiger partial charge on any atom is 0.255 e. The molecule has 31 heavy (non-hydrogen) atoms. The molecule has 3 aliphatic rings. The van der Waals surface area contributed by atoms with E-state index in [1.807, 2.05) is 28.4 Å². The summed E-state index contributed by atoms with van der Waals surface area (Å²) in [5.41, 5.74) is 2.96. The number of fused-ring (bicyclic) bond motifs is 5. The molecule has 2 bridgehead atoms. The summed E-state index contributed by atoms with van der Waals surface area (Å²) < 4.78 is 17.6. The summed E-state index contributed by atoms with van der Waals surface area (Å²) in [5, 5.41) is 1.08. The van der Waals surface area contributed by atoms with Crippen LogP contribution in [0.2, 0.25) is 0 Å². The van der Waals surface area contributed by atoms with Crippen LogP contribution in [0.3, 0.4) is 0 Å². The monoisotopic (exact) mass is 422 g/mol. The number of halogens is 1. The third-order valence-electron chi connectivity index (χ3n) is 7.23. The molecule has 162 valence electrons. The summed E-state index contributed by atoms with van der Waals surface area (Å²) in [4.78, 5) is 26.7. The lowest BCUT2D eigenvalue weighted by Gasteiger charge is -2.43. The average molecular weight is 423 g/mol. The lowest BCUT2D eigenvalue weighted by Crippen LogP contribution is -2.48. The first kappa shape index (κ1) is 19.0. The Kier molecular flexibility index (Phi) is 4.38. The molecule has 0 saturated carbocycles. The highest BCUT2D eigenvalue weighted by Crippen LogP contribution is 2.38. The van der Waals surface area contributed by atoms with Gasteiger partial charge >= 0.3 is 0 Å². The van der Waals surface area contributed by atoms with E-state index in [0.717, 1.165) is 60.7 Å². The lowest BCUT2D eigenvalue weighted by atomic mass is 9.83. The van der Waals surface area contributed by atoms with Gasteiger partial charge in [-0.3, -0.25) is 9.69 Å². The van der Waals surface area contributed by atoms with Crippen LogP contribution in [0.1, 0.15) is 30.0 Å². The highest BCUT2D eigenvalue weighted by atomic mass is 19.1. The molecule has 0 aliphatic carbocycles. The minimum Gasteiger partial charge on any atom is -0.355 e. The first-order valence-electron chi connectivity index (χ1n) is 11.2. The summed E-state index contributed by atoms with van der Waals surface area (Å²) in [6.45, 7) is 4.21. The molecule has 2 fully saturated rings. The molecule has 2 saturated heterocycles. The van der Waals surface area contributed by atoms with E-state index in [1.54, 1.807) is 6.33 Å². The van der Waals surface area contributed by atoms with Gasteiger partial charge in [0.2, 0.25) is 0 Å². The Balaban J connectivity index is 1.30. The van der Waals surface area contributed by atoms with Crippen LogP contribution in [0.25, 0.3) is 11.0 Å². The molecule has 8 heteroatoms. The molecular formula is C23H27FN6O. The molecule has 6 heterocycles. The third kappa shape index (κ3) is 3.15. The fourth-order valence-electron chi connectivity index (χ4n) is 5.77. The fourth-order valence-corrected chi connectivity index (χ4v) is 5.77. The first-order valence-corrected chi connectivity index (χ1v) is 11.2. The van der Waals surface area contributed by atoms with E-state index >= 15 is 0 Å². The Hall–Kier alpha value is -2.74. The predicted octanol–water partition coefficient (Wildman–Crippen LogP) is 2.30. The molecule has 0 aromatic carbocycles. The van der Waals surface area contributed by atoms with E-state index in [1.165, 1.54) is 0 Å². The molecule has 0 N–H and O–H groups in total. The molecule has 0 radical (unpaired) electrons. The number of anilines is 1. The van der Waals surface area contributed by atoms with Gasteiger partial charge in [0, 0.05) is 69.7 Å². The Morgan fingerprint density at radius 1 is 1.13 bits per heavy atom. The molecule has 3 atom stereocenters. The van der Waals surface area contributed by atoms with Crippen molar-refractivity contribution in [2.75, 3.05) is 31.1 Å². The summed E-state index contributed by atoms with van der Waals surface area (Å²) in [7, 11) is 2.00. The van der Waals surface area contributed by atoms with Crippen molar-refractivity contribution in [3.05, 3.63) is 52.3 Å². The lowest BCUT2D eigenvalue weighted by molar-refractivity contribution is 0.270. The Morgan fingerprint density at radius 3 is 2.87 bits per heavy atom. The van der Waals surface area contributed by atoms with Gasteiger partial charge in [-0.15, -0.1) is 0 Å². The van der Waals surface area contributed by atoms with Gasteiger partial charge in [-0.25, -0.2) is 14.4 Å². The first-order chi connectivity index (χ1) is 15.1. The summed E-state index contributed by atoms with van der Waals surface area (Å²) in [6.07, 6.45) is 4.59. The number of nitrogens with zero attached hydrogens (tertiary/aromatic N) is 6. The zero-order valence-electron chi connectivity index (χ0n) is 17.7. The van der Waals surface area contributed by atoms with Gasteiger partial charge in [-0.1, -0.05) is 6.07 Å². The van der Waals surface area contributed by atoms with E-state index in [0.29, 0.717) is 31.3 Å². The predicted molar refractivity (Wildman–Crippen MR) is 117 cm³/mol. The van der Waals surface area contributed by atoms with Crippen molar-refractivity contribution in [2.45, 2.75) is 38.0 Å². The normalized spacial score (nSPS) is 25.9. The van der Waals surface area contributed by atoms with Gasteiger partial charge in [0.15, 0.2) is 0 Å². The van der Waals surface area contributed by atoms with E-state index in [9.17, 15) is 9.18 Å². The molecule has 3 aliphatic heterocycles. The molecule has 0 amide bonds. The van der Waals surface area contributed by atoms with E-state index in [4.69, 9.17) is 0 Å². The van der Waals surface area contributed by atoms with Gasteiger partial charge in [0.05, 0.1) is 5.39 Å². The van der Waals surface area contributed by atoms with Crippen LogP contribution >= 0.6 is 0 Å². The zero-order chi connectivity index (χ0) is 21.1. The Bertz CT molecular complexity index is 1200. The number of pyridine rings is 1. The van der Waals surface area contributed by atoms with Crippen molar-refractivity contribution in [1.82, 2.24) is 24.0 Å².